The summed E-state index contributed by atoms with van der Waals surface area (Å²) in [6, 6.07) is 7.98. The summed E-state index contributed by atoms with van der Waals surface area (Å²) in [4.78, 5) is 0. The maximum atomic E-state index is 14.0. The van der Waals surface area contributed by atoms with Gasteiger partial charge in [-0.05, 0) is 44.5 Å². The standard InChI is InChI=1S/C16H22FN3O/c1-4-20-16(17)15(12(2)19-20)11-18-9-8-13-6-5-7-14(10-13)21-3/h5-7,10,18H,4,8-9,11H2,1-3H3. The highest BCUT2D eigenvalue weighted by atomic mass is 19.1. The second kappa shape index (κ2) is 7.22. The van der Waals surface area contributed by atoms with E-state index in [4.69, 9.17) is 4.74 Å². The quantitative estimate of drug-likeness (QED) is 0.797. The molecule has 0 saturated heterocycles. The van der Waals surface area contributed by atoms with Gasteiger partial charge in [-0.1, -0.05) is 12.1 Å². The van der Waals surface area contributed by atoms with Crippen LogP contribution in [0.25, 0.3) is 0 Å². The van der Waals surface area contributed by atoms with E-state index < -0.39 is 0 Å². The first-order valence-corrected chi connectivity index (χ1v) is 7.21. The second-order valence-corrected chi connectivity index (χ2v) is 4.95. The normalized spacial score (nSPS) is 10.9. The highest BCUT2D eigenvalue weighted by Crippen LogP contribution is 2.13. The molecule has 0 fully saturated rings. The molecule has 0 aliphatic carbocycles. The number of benzene rings is 1. The fourth-order valence-electron chi connectivity index (χ4n) is 2.27. The molecule has 2 aromatic rings. The number of ether oxygens (including phenoxy) is 1. The maximum Gasteiger partial charge on any atom is 0.216 e. The van der Waals surface area contributed by atoms with Gasteiger partial charge in [-0.3, -0.25) is 0 Å². The molecule has 114 valence electrons. The smallest absolute Gasteiger partial charge is 0.216 e. The van der Waals surface area contributed by atoms with Crippen LogP contribution >= 0.6 is 0 Å². The second-order valence-electron chi connectivity index (χ2n) is 4.95. The molecule has 1 N–H and O–H groups in total. The van der Waals surface area contributed by atoms with Crippen LogP contribution in [-0.2, 0) is 19.5 Å². The number of halogens is 1. The van der Waals surface area contributed by atoms with Crippen molar-refractivity contribution >= 4 is 0 Å². The van der Waals surface area contributed by atoms with Gasteiger partial charge in [0.05, 0.1) is 12.8 Å². The van der Waals surface area contributed by atoms with Crippen molar-refractivity contribution < 1.29 is 9.13 Å². The van der Waals surface area contributed by atoms with Crippen molar-refractivity contribution in [2.24, 2.45) is 0 Å². The van der Waals surface area contributed by atoms with Crippen molar-refractivity contribution in [1.82, 2.24) is 15.1 Å². The van der Waals surface area contributed by atoms with Gasteiger partial charge in [-0.15, -0.1) is 0 Å². The molecule has 0 saturated carbocycles. The third kappa shape index (κ3) is 3.82. The SMILES string of the molecule is CCn1nc(C)c(CNCCc2cccc(OC)c2)c1F. The maximum absolute atomic E-state index is 14.0. The minimum atomic E-state index is -0.233. The Bertz CT molecular complexity index is 595. The van der Waals surface area contributed by atoms with Crippen LogP contribution in [0.4, 0.5) is 4.39 Å². The van der Waals surface area contributed by atoms with Crippen LogP contribution in [0.3, 0.4) is 0 Å². The van der Waals surface area contributed by atoms with E-state index in [0.717, 1.165) is 24.4 Å². The lowest BCUT2D eigenvalue weighted by Gasteiger charge is -2.06. The van der Waals surface area contributed by atoms with Gasteiger partial charge in [-0.25, -0.2) is 4.68 Å². The highest BCUT2D eigenvalue weighted by Gasteiger charge is 2.13. The van der Waals surface area contributed by atoms with Gasteiger partial charge in [0.2, 0.25) is 5.95 Å². The number of nitrogens with zero attached hydrogens (tertiary/aromatic N) is 2. The van der Waals surface area contributed by atoms with E-state index in [2.05, 4.69) is 16.5 Å². The number of hydrogen-bond donors (Lipinski definition) is 1. The summed E-state index contributed by atoms with van der Waals surface area (Å²) in [5.74, 6) is 0.627. The molecule has 0 bridgehead atoms. The minimum absolute atomic E-state index is 0.233. The van der Waals surface area contributed by atoms with Crippen LogP contribution in [0, 0.1) is 12.9 Å². The first-order chi connectivity index (χ1) is 10.2. The van der Waals surface area contributed by atoms with Crippen LogP contribution in [0.2, 0.25) is 0 Å². The third-order valence-electron chi connectivity index (χ3n) is 3.51. The number of rotatable bonds is 7. The van der Waals surface area contributed by atoms with E-state index in [9.17, 15) is 4.39 Å². The summed E-state index contributed by atoms with van der Waals surface area (Å²) < 4.78 is 20.6. The summed E-state index contributed by atoms with van der Waals surface area (Å²) in [6.07, 6.45) is 0.875. The molecule has 0 spiro atoms. The van der Waals surface area contributed by atoms with Crippen LogP contribution in [0.1, 0.15) is 23.7 Å². The number of nitrogens with one attached hydrogen (secondary N) is 1. The van der Waals surface area contributed by atoms with Crippen LogP contribution in [-0.4, -0.2) is 23.4 Å². The lowest BCUT2D eigenvalue weighted by molar-refractivity contribution is 0.414. The Hall–Kier alpha value is -1.88. The first kappa shape index (κ1) is 15.5. The Morgan fingerprint density at radius 1 is 1.38 bits per heavy atom. The topological polar surface area (TPSA) is 39.1 Å². The largest absolute Gasteiger partial charge is 0.497 e. The van der Waals surface area contributed by atoms with Gasteiger partial charge >= 0.3 is 0 Å². The molecule has 1 heterocycles. The summed E-state index contributed by atoms with van der Waals surface area (Å²) >= 11 is 0. The zero-order valence-electron chi connectivity index (χ0n) is 12.8. The Morgan fingerprint density at radius 2 is 2.19 bits per heavy atom. The molecule has 0 radical (unpaired) electrons. The number of aromatic nitrogens is 2. The molecule has 0 aliphatic rings. The van der Waals surface area contributed by atoms with Gasteiger partial charge < -0.3 is 10.1 Å². The predicted octanol–water partition coefficient (Wildman–Crippen LogP) is 2.69. The van der Waals surface area contributed by atoms with E-state index in [1.165, 1.54) is 10.2 Å². The third-order valence-corrected chi connectivity index (χ3v) is 3.51. The molecule has 0 unspecified atom stereocenters. The molecule has 1 aromatic carbocycles. The summed E-state index contributed by atoms with van der Waals surface area (Å²) in [5, 5.41) is 7.45. The lowest BCUT2D eigenvalue weighted by Crippen LogP contribution is -2.18. The zero-order valence-corrected chi connectivity index (χ0v) is 12.8. The van der Waals surface area contributed by atoms with E-state index in [0.29, 0.717) is 18.7 Å². The molecule has 5 heteroatoms. The van der Waals surface area contributed by atoms with Crippen molar-refractivity contribution in [2.45, 2.75) is 33.4 Å². The van der Waals surface area contributed by atoms with Crippen LogP contribution < -0.4 is 10.1 Å². The molecule has 0 amide bonds. The van der Waals surface area contributed by atoms with Gasteiger partial charge in [-0.2, -0.15) is 9.49 Å². The molecular formula is C16H22FN3O. The van der Waals surface area contributed by atoms with Crippen molar-refractivity contribution in [3.8, 4) is 5.75 Å². The summed E-state index contributed by atoms with van der Waals surface area (Å²) in [6.45, 7) is 5.56. The minimum Gasteiger partial charge on any atom is -0.497 e. The average molecular weight is 291 g/mol. The zero-order chi connectivity index (χ0) is 15.2. The first-order valence-electron chi connectivity index (χ1n) is 7.21. The molecule has 1 aromatic heterocycles. The van der Waals surface area contributed by atoms with Crippen molar-refractivity contribution in [2.75, 3.05) is 13.7 Å². The number of aryl methyl sites for hydroxylation is 2. The Kier molecular flexibility index (Phi) is 5.33. The fraction of sp³-hybridized carbons (Fsp3) is 0.438. The molecule has 21 heavy (non-hydrogen) atoms. The molecule has 4 nitrogen and oxygen atoms in total. The fourth-order valence-corrected chi connectivity index (χ4v) is 2.27. The highest BCUT2D eigenvalue weighted by molar-refractivity contribution is 5.28. The molecule has 0 aliphatic heterocycles. The molecule has 0 atom stereocenters. The van der Waals surface area contributed by atoms with Gasteiger partial charge in [0.15, 0.2) is 0 Å². The molecular weight excluding hydrogens is 269 g/mol. The molecule has 2 rings (SSSR count). The van der Waals surface area contributed by atoms with E-state index in [-0.39, 0.29) is 5.95 Å². The van der Waals surface area contributed by atoms with Crippen molar-refractivity contribution in [1.29, 1.82) is 0 Å². The Morgan fingerprint density at radius 3 is 2.86 bits per heavy atom. The van der Waals surface area contributed by atoms with E-state index >= 15 is 0 Å². The van der Waals surface area contributed by atoms with E-state index in [1.54, 1.807) is 7.11 Å². The van der Waals surface area contributed by atoms with Gasteiger partial charge in [0, 0.05) is 18.7 Å². The monoisotopic (exact) mass is 291 g/mol. The summed E-state index contributed by atoms with van der Waals surface area (Å²) in [5.41, 5.74) is 2.61. The van der Waals surface area contributed by atoms with Gasteiger partial charge in [0.1, 0.15) is 5.75 Å². The van der Waals surface area contributed by atoms with Crippen molar-refractivity contribution in [3.63, 3.8) is 0 Å². The Labute approximate surface area is 124 Å². The van der Waals surface area contributed by atoms with Crippen LogP contribution in [0.15, 0.2) is 24.3 Å². The summed E-state index contributed by atoms with van der Waals surface area (Å²) in [7, 11) is 1.66. The van der Waals surface area contributed by atoms with E-state index in [1.807, 2.05) is 32.0 Å². The van der Waals surface area contributed by atoms with Crippen molar-refractivity contribution in [3.05, 3.63) is 47.0 Å². The number of methoxy groups -OCH3 is 1. The average Bonchev–Trinajstić information content (AvgIpc) is 2.78. The number of hydrogen-bond acceptors (Lipinski definition) is 3. The lowest BCUT2D eigenvalue weighted by atomic mass is 10.1. The van der Waals surface area contributed by atoms with Crippen LogP contribution in [0.5, 0.6) is 5.75 Å². The Balaban J connectivity index is 1.86. The van der Waals surface area contributed by atoms with Gasteiger partial charge in [0.25, 0.3) is 0 Å². The predicted molar refractivity (Wildman–Crippen MR) is 81.0 cm³/mol.